The standard InChI is InChI=1S/C14H16FNO4/c1-8(20-10-4-2-9(15)3-5-10)7-16-13(17)11-6-12(11)14(18)19/h2-5,8,11-12H,6-7H2,1H3,(H,16,17)(H,18,19). The summed E-state index contributed by atoms with van der Waals surface area (Å²) in [7, 11) is 0. The molecule has 0 spiro atoms. The summed E-state index contributed by atoms with van der Waals surface area (Å²) in [6.07, 6.45) is 0.111. The Balaban J connectivity index is 1.73. The summed E-state index contributed by atoms with van der Waals surface area (Å²) < 4.78 is 18.2. The van der Waals surface area contributed by atoms with E-state index in [1.165, 1.54) is 24.3 Å². The SMILES string of the molecule is CC(CNC(=O)C1CC1C(=O)O)Oc1ccc(F)cc1. The smallest absolute Gasteiger partial charge is 0.307 e. The van der Waals surface area contributed by atoms with Crippen molar-refractivity contribution in [3.63, 3.8) is 0 Å². The van der Waals surface area contributed by atoms with Gasteiger partial charge >= 0.3 is 5.97 Å². The minimum atomic E-state index is -0.930. The Morgan fingerprint density at radius 1 is 1.40 bits per heavy atom. The van der Waals surface area contributed by atoms with Crippen LogP contribution in [0.3, 0.4) is 0 Å². The van der Waals surface area contributed by atoms with E-state index >= 15 is 0 Å². The van der Waals surface area contributed by atoms with E-state index in [2.05, 4.69) is 5.32 Å². The number of carboxylic acids is 1. The molecule has 1 amide bonds. The first-order chi connectivity index (χ1) is 9.47. The van der Waals surface area contributed by atoms with Crippen LogP contribution in [0.4, 0.5) is 4.39 Å². The fraction of sp³-hybridized carbons (Fsp3) is 0.429. The third-order valence-corrected chi connectivity index (χ3v) is 3.16. The molecule has 1 aliphatic carbocycles. The van der Waals surface area contributed by atoms with Gasteiger partial charge in [-0.1, -0.05) is 0 Å². The molecule has 1 fully saturated rings. The largest absolute Gasteiger partial charge is 0.489 e. The molecule has 0 aromatic heterocycles. The number of halogens is 1. The molecule has 0 saturated heterocycles. The van der Waals surface area contributed by atoms with Gasteiger partial charge in [0.2, 0.25) is 5.91 Å². The average Bonchev–Trinajstić information content (AvgIpc) is 3.19. The zero-order chi connectivity index (χ0) is 14.7. The molecular formula is C14H16FNO4. The number of carbonyl (C=O) groups is 2. The van der Waals surface area contributed by atoms with Crippen molar-refractivity contribution in [3.05, 3.63) is 30.1 Å². The second-order valence-electron chi connectivity index (χ2n) is 4.91. The Hall–Kier alpha value is -2.11. The van der Waals surface area contributed by atoms with E-state index in [1.54, 1.807) is 6.92 Å². The molecule has 1 aliphatic rings. The molecule has 1 aromatic rings. The molecule has 108 valence electrons. The number of rotatable bonds is 6. The predicted molar refractivity (Wildman–Crippen MR) is 68.7 cm³/mol. The number of carboxylic acid groups (broad SMARTS) is 1. The van der Waals surface area contributed by atoms with Gasteiger partial charge in [-0.25, -0.2) is 4.39 Å². The van der Waals surface area contributed by atoms with Gasteiger partial charge in [0.15, 0.2) is 0 Å². The highest BCUT2D eigenvalue weighted by molar-refractivity contribution is 5.89. The highest BCUT2D eigenvalue weighted by Gasteiger charge is 2.48. The van der Waals surface area contributed by atoms with Gasteiger partial charge in [-0.2, -0.15) is 0 Å². The first-order valence-electron chi connectivity index (χ1n) is 6.40. The lowest BCUT2D eigenvalue weighted by atomic mass is 10.3. The van der Waals surface area contributed by atoms with Gasteiger partial charge in [-0.15, -0.1) is 0 Å². The highest BCUT2D eigenvalue weighted by Crippen LogP contribution is 2.38. The second kappa shape index (κ2) is 5.90. The molecule has 2 N–H and O–H groups in total. The molecular weight excluding hydrogens is 265 g/mol. The summed E-state index contributed by atoms with van der Waals surface area (Å²) in [5.74, 6) is -1.99. The maximum Gasteiger partial charge on any atom is 0.307 e. The molecule has 1 aromatic carbocycles. The van der Waals surface area contributed by atoms with Crippen LogP contribution in [0.15, 0.2) is 24.3 Å². The quantitative estimate of drug-likeness (QED) is 0.827. The van der Waals surface area contributed by atoms with Crippen LogP contribution in [-0.4, -0.2) is 29.6 Å². The number of benzene rings is 1. The molecule has 0 heterocycles. The van der Waals surface area contributed by atoms with Crippen LogP contribution in [-0.2, 0) is 9.59 Å². The monoisotopic (exact) mass is 281 g/mol. The van der Waals surface area contributed by atoms with E-state index in [4.69, 9.17) is 9.84 Å². The Morgan fingerprint density at radius 3 is 2.60 bits per heavy atom. The minimum Gasteiger partial charge on any atom is -0.489 e. The predicted octanol–water partition coefficient (Wildman–Crippen LogP) is 1.43. The summed E-state index contributed by atoms with van der Waals surface area (Å²) in [6, 6.07) is 5.61. The van der Waals surface area contributed by atoms with Crippen molar-refractivity contribution in [2.45, 2.75) is 19.4 Å². The molecule has 1 saturated carbocycles. The summed E-state index contributed by atoms with van der Waals surface area (Å²) in [5.41, 5.74) is 0. The van der Waals surface area contributed by atoms with E-state index in [0.717, 1.165) is 0 Å². The van der Waals surface area contributed by atoms with Crippen molar-refractivity contribution >= 4 is 11.9 Å². The van der Waals surface area contributed by atoms with Gasteiger partial charge in [0.05, 0.1) is 18.4 Å². The molecule has 5 nitrogen and oxygen atoms in total. The Morgan fingerprint density at radius 2 is 2.05 bits per heavy atom. The maximum absolute atomic E-state index is 12.7. The highest BCUT2D eigenvalue weighted by atomic mass is 19.1. The molecule has 0 radical (unpaired) electrons. The first kappa shape index (κ1) is 14.3. The number of ether oxygens (including phenoxy) is 1. The molecule has 2 rings (SSSR count). The zero-order valence-corrected chi connectivity index (χ0v) is 11.0. The lowest BCUT2D eigenvalue weighted by Crippen LogP contribution is -2.35. The molecule has 6 heteroatoms. The van der Waals surface area contributed by atoms with Crippen molar-refractivity contribution in [1.29, 1.82) is 0 Å². The van der Waals surface area contributed by atoms with Crippen molar-refractivity contribution in [2.24, 2.45) is 11.8 Å². The summed E-state index contributed by atoms with van der Waals surface area (Å²) in [6.45, 7) is 2.05. The van der Waals surface area contributed by atoms with Crippen molar-refractivity contribution in [2.75, 3.05) is 6.54 Å². The number of hydrogen-bond acceptors (Lipinski definition) is 3. The summed E-state index contributed by atoms with van der Waals surface area (Å²) >= 11 is 0. The lowest BCUT2D eigenvalue weighted by molar-refractivity contribution is -0.140. The van der Waals surface area contributed by atoms with Crippen LogP contribution in [0.5, 0.6) is 5.75 Å². The molecule has 0 aliphatic heterocycles. The van der Waals surface area contributed by atoms with Gasteiger partial charge in [0, 0.05) is 0 Å². The van der Waals surface area contributed by atoms with Crippen molar-refractivity contribution < 1.29 is 23.8 Å². The number of carbonyl (C=O) groups excluding carboxylic acids is 1. The number of nitrogens with one attached hydrogen (secondary N) is 1. The van der Waals surface area contributed by atoms with Gasteiger partial charge in [0.25, 0.3) is 0 Å². The van der Waals surface area contributed by atoms with Crippen LogP contribution in [0.25, 0.3) is 0 Å². The molecule has 0 bridgehead atoms. The molecule has 3 atom stereocenters. The van der Waals surface area contributed by atoms with Gasteiger partial charge in [-0.3, -0.25) is 9.59 Å². The topological polar surface area (TPSA) is 75.6 Å². The number of aliphatic carboxylic acids is 1. The third kappa shape index (κ3) is 3.69. The van der Waals surface area contributed by atoms with Gasteiger partial charge < -0.3 is 15.2 Å². The minimum absolute atomic E-state index is 0.257. The molecule has 20 heavy (non-hydrogen) atoms. The van der Waals surface area contributed by atoms with Gasteiger partial charge in [0.1, 0.15) is 17.7 Å². The average molecular weight is 281 g/mol. The summed E-state index contributed by atoms with van der Waals surface area (Å²) in [4.78, 5) is 22.3. The van der Waals surface area contributed by atoms with Crippen LogP contribution >= 0.6 is 0 Å². The van der Waals surface area contributed by atoms with E-state index < -0.39 is 17.8 Å². The third-order valence-electron chi connectivity index (χ3n) is 3.16. The molecule has 3 unspecified atom stereocenters. The van der Waals surface area contributed by atoms with Crippen LogP contribution in [0.2, 0.25) is 0 Å². The van der Waals surface area contributed by atoms with E-state index in [0.29, 0.717) is 12.2 Å². The fourth-order valence-corrected chi connectivity index (χ4v) is 1.92. The Kier molecular flexibility index (Phi) is 4.22. The lowest BCUT2D eigenvalue weighted by Gasteiger charge is -2.15. The fourth-order valence-electron chi connectivity index (χ4n) is 1.92. The number of hydrogen-bond donors (Lipinski definition) is 2. The van der Waals surface area contributed by atoms with E-state index in [-0.39, 0.29) is 24.4 Å². The normalized spacial score (nSPS) is 21.9. The van der Waals surface area contributed by atoms with Crippen molar-refractivity contribution in [3.8, 4) is 5.75 Å². The number of amides is 1. The Bertz CT molecular complexity index is 502. The zero-order valence-electron chi connectivity index (χ0n) is 11.0. The van der Waals surface area contributed by atoms with Crippen molar-refractivity contribution in [1.82, 2.24) is 5.32 Å². The maximum atomic E-state index is 12.7. The second-order valence-corrected chi connectivity index (χ2v) is 4.91. The van der Waals surface area contributed by atoms with E-state index in [1.807, 2.05) is 0 Å². The van der Waals surface area contributed by atoms with Gasteiger partial charge in [-0.05, 0) is 37.6 Å². The van der Waals surface area contributed by atoms with Crippen LogP contribution in [0.1, 0.15) is 13.3 Å². The summed E-state index contributed by atoms with van der Waals surface area (Å²) in [5, 5.41) is 11.4. The van der Waals surface area contributed by atoms with E-state index in [9.17, 15) is 14.0 Å². The van der Waals surface area contributed by atoms with Crippen LogP contribution < -0.4 is 10.1 Å². The van der Waals surface area contributed by atoms with Crippen LogP contribution in [0, 0.1) is 17.7 Å². The Labute approximate surface area is 115 Å². The first-order valence-corrected chi connectivity index (χ1v) is 6.40.